The van der Waals surface area contributed by atoms with Crippen molar-refractivity contribution in [1.82, 2.24) is 24.7 Å². The van der Waals surface area contributed by atoms with E-state index >= 15 is 0 Å². The van der Waals surface area contributed by atoms with Gasteiger partial charge in [-0.1, -0.05) is 0 Å². The number of rotatable bonds is 4. The summed E-state index contributed by atoms with van der Waals surface area (Å²) in [4.78, 5) is 8.96. The Morgan fingerprint density at radius 2 is 2.18 bits per heavy atom. The monoisotopic (exact) mass is 237 g/mol. The van der Waals surface area contributed by atoms with Gasteiger partial charge in [-0.3, -0.25) is 4.90 Å². The van der Waals surface area contributed by atoms with Crippen LogP contribution >= 0.6 is 0 Å². The smallest absolute Gasteiger partial charge is 0.0945 e. The van der Waals surface area contributed by atoms with Crippen molar-refractivity contribution in [2.24, 2.45) is 7.05 Å². The summed E-state index contributed by atoms with van der Waals surface area (Å²) in [5, 5.41) is 3.52. The predicted molar refractivity (Wildman–Crippen MR) is 68.8 cm³/mol. The summed E-state index contributed by atoms with van der Waals surface area (Å²) < 4.78 is 2.06. The highest BCUT2D eigenvalue weighted by Gasteiger charge is 2.21. The van der Waals surface area contributed by atoms with Crippen molar-refractivity contribution in [3.8, 4) is 0 Å². The summed E-state index contributed by atoms with van der Waals surface area (Å²) in [6, 6.07) is 0.613. The lowest BCUT2D eigenvalue weighted by molar-refractivity contribution is 0.113. The molecule has 96 valence electrons. The summed E-state index contributed by atoms with van der Waals surface area (Å²) in [6.45, 7) is 5.41. The Morgan fingerprint density at radius 3 is 2.88 bits per heavy atom. The van der Waals surface area contributed by atoms with E-state index in [1.165, 1.54) is 12.2 Å². The third-order valence-corrected chi connectivity index (χ3v) is 3.58. The molecule has 0 amide bonds. The molecule has 1 fully saturated rings. The van der Waals surface area contributed by atoms with Gasteiger partial charge in [0.1, 0.15) is 0 Å². The van der Waals surface area contributed by atoms with Gasteiger partial charge in [0.2, 0.25) is 0 Å². The molecule has 0 saturated carbocycles. The largest absolute Gasteiger partial charge is 0.337 e. The van der Waals surface area contributed by atoms with Gasteiger partial charge in [0.15, 0.2) is 0 Å². The molecule has 17 heavy (non-hydrogen) atoms. The Labute approximate surface area is 103 Å². The van der Waals surface area contributed by atoms with Crippen LogP contribution in [0.25, 0.3) is 0 Å². The topological polar surface area (TPSA) is 36.3 Å². The van der Waals surface area contributed by atoms with Crippen molar-refractivity contribution in [2.75, 3.05) is 40.3 Å². The van der Waals surface area contributed by atoms with Crippen LogP contribution in [0.3, 0.4) is 0 Å². The van der Waals surface area contributed by atoms with Gasteiger partial charge in [0.05, 0.1) is 12.0 Å². The standard InChI is InChI=1S/C12H23N5/c1-15-4-5-16(2)12(9-15)8-13-6-11-7-14-10-17(11)3/h7,10,12-13H,4-6,8-9H2,1-3H3. The lowest BCUT2D eigenvalue weighted by Crippen LogP contribution is -2.53. The SMILES string of the molecule is CN1CCN(C)C(CNCc2cncn2C)C1. The predicted octanol–water partition coefficient (Wildman–Crippen LogP) is -0.244. The maximum Gasteiger partial charge on any atom is 0.0945 e. The molecule has 2 heterocycles. The normalized spacial score (nSPS) is 23.1. The van der Waals surface area contributed by atoms with Crippen LogP contribution in [-0.4, -0.2) is 65.7 Å². The van der Waals surface area contributed by atoms with Crippen molar-refractivity contribution in [3.05, 3.63) is 18.2 Å². The van der Waals surface area contributed by atoms with Gasteiger partial charge in [0, 0.05) is 52.0 Å². The van der Waals surface area contributed by atoms with Gasteiger partial charge < -0.3 is 14.8 Å². The number of hydrogen-bond acceptors (Lipinski definition) is 4. The summed E-state index contributed by atoms with van der Waals surface area (Å²) in [7, 11) is 6.44. The first-order chi connectivity index (χ1) is 8.16. The second-order valence-corrected chi connectivity index (χ2v) is 5.02. The molecule has 1 unspecified atom stereocenters. The molecule has 5 nitrogen and oxygen atoms in total. The van der Waals surface area contributed by atoms with Gasteiger partial charge in [-0.05, 0) is 14.1 Å². The van der Waals surface area contributed by atoms with Crippen molar-refractivity contribution in [3.63, 3.8) is 0 Å². The van der Waals surface area contributed by atoms with E-state index in [1.54, 1.807) is 0 Å². The highest BCUT2D eigenvalue weighted by atomic mass is 15.3. The lowest BCUT2D eigenvalue weighted by atomic mass is 10.2. The van der Waals surface area contributed by atoms with Crippen LogP contribution in [0.2, 0.25) is 0 Å². The van der Waals surface area contributed by atoms with Crippen LogP contribution in [0.4, 0.5) is 0 Å². The Kier molecular flexibility index (Phi) is 4.15. The zero-order chi connectivity index (χ0) is 12.3. The van der Waals surface area contributed by atoms with Crippen LogP contribution in [-0.2, 0) is 13.6 Å². The fourth-order valence-corrected chi connectivity index (χ4v) is 2.24. The number of hydrogen-bond donors (Lipinski definition) is 1. The average molecular weight is 237 g/mol. The Morgan fingerprint density at radius 1 is 1.35 bits per heavy atom. The molecule has 0 bridgehead atoms. The number of aryl methyl sites for hydroxylation is 1. The van der Waals surface area contributed by atoms with Crippen molar-refractivity contribution in [1.29, 1.82) is 0 Å². The molecule has 0 radical (unpaired) electrons. The highest BCUT2D eigenvalue weighted by Crippen LogP contribution is 2.05. The van der Waals surface area contributed by atoms with E-state index in [-0.39, 0.29) is 0 Å². The maximum atomic E-state index is 4.12. The van der Waals surface area contributed by atoms with Crippen molar-refractivity contribution >= 4 is 0 Å². The van der Waals surface area contributed by atoms with E-state index in [0.717, 1.165) is 26.2 Å². The third-order valence-electron chi connectivity index (χ3n) is 3.58. The van der Waals surface area contributed by atoms with E-state index in [4.69, 9.17) is 0 Å². The van der Waals surface area contributed by atoms with Gasteiger partial charge in [-0.2, -0.15) is 0 Å². The minimum atomic E-state index is 0.613. The molecule has 0 aromatic carbocycles. The number of imidazole rings is 1. The van der Waals surface area contributed by atoms with Crippen molar-refractivity contribution < 1.29 is 0 Å². The van der Waals surface area contributed by atoms with Crippen LogP contribution in [0.5, 0.6) is 0 Å². The number of piperazine rings is 1. The van der Waals surface area contributed by atoms with Crippen molar-refractivity contribution in [2.45, 2.75) is 12.6 Å². The maximum absolute atomic E-state index is 4.12. The number of aromatic nitrogens is 2. The first-order valence-electron chi connectivity index (χ1n) is 6.21. The molecule has 1 aliphatic heterocycles. The molecule has 1 saturated heterocycles. The molecule has 1 aromatic heterocycles. The van der Waals surface area contributed by atoms with Gasteiger partial charge >= 0.3 is 0 Å². The van der Waals surface area contributed by atoms with E-state index in [0.29, 0.717) is 6.04 Å². The van der Waals surface area contributed by atoms with Crippen LogP contribution in [0.1, 0.15) is 5.69 Å². The van der Waals surface area contributed by atoms with Gasteiger partial charge in [-0.15, -0.1) is 0 Å². The fourth-order valence-electron chi connectivity index (χ4n) is 2.24. The Bertz CT molecular complexity index is 348. The zero-order valence-corrected chi connectivity index (χ0v) is 11.1. The second kappa shape index (κ2) is 5.62. The van der Waals surface area contributed by atoms with Gasteiger partial charge in [-0.25, -0.2) is 4.98 Å². The fraction of sp³-hybridized carbons (Fsp3) is 0.750. The van der Waals surface area contributed by atoms with Gasteiger partial charge in [0.25, 0.3) is 0 Å². The molecule has 1 aromatic rings. The lowest BCUT2D eigenvalue weighted by Gasteiger charge is -2.37. The minimum Gasteiger partial charge on any atom is -0.337 e. The van der Waals surface area contributed by atoms with E-state index in [2.05, 4.69) is 38.8 Å². The summed E-state index contributed by atoms with van der Waals surface area (Å²) in [5.74, 6) is 0. The van der Waals surface area contributed by atoms with Crippen LogP contribution in [0, 0.1) is 0 Å². The van der Waals surface area contributed by atoms with E-state index in [9.17, 15) is 0 Å². The van der Waals surface area contributed by atoms with Crippen LogP contribution < -0.4 is 5.32 Å². The molecular formula is C12H23N5. The summed E-state index contributed by atoms with van der Waals surface area (Å²) in [6.07, 6.45) is 3.77. The second-order valence-electron chi connectivity index (χ2n) is 5.02. The molecule has 1 aliphatic rings. The first-order valence-corrected chi connectivity index (χ1v) is 6.21. The summed E-state index contributed by atoms with van der Waals surface area (Å²) in [5.41, 5.74) is 1.23. The molecule has 5 heteroatoms. The minimum absolute atomic E-state index is 0.613. The zero-order valence-electron chi connectivity index (χ0n) is 11.1. The Balaban J connectivity index is 1.76. The van der Waals surface area contributed by atoms with Crippen LogP contribution in [0.15, 0.2) is 12.5 Å². The average Bonchev–Trinajstić information content (AvgIpc) is 2.70. The molecule has 1 N–H and O–H groups in total. The highest BCUT2D eigenvalue weighted by molar-refractivity contribution is 4.97. The molecule has 1 atom stereocenters. The quantitative estimate of drug-likeness (QED) is 0.784. The molecule has 2 rings (SSSR count). The number of nitrogens with one attached hydrogen (secondary N) is 1. The molecule has 0 spiro atoms. The molecule has 0 aliphatic carbocycles. The number of likely N-dealkylation sites (N-methyl/N-ethyl adjacent to an activating group) is 2. The number of nitrogens with zero attached hydrogens (tertiary/aromatic N) is 4. The summed E-state index contributed by atoms with van der Waals surface area (Å²) >= 11 is 0. The first kappa shape index (κ1) is 12.5. The van der Waals surface area contributed by atoms with E-state index in [1.807, 2.05) is 19.6 Å². The van der Waals surface area contributed by atoms with E-state index < -0.39 is 0 Å². The molecular weight excluding hydrogens is 214 g/mol. The third kappa shape index (κ3) is 3.28. The Hall–Kier alpha value is -0.910.